The third-order valence-corrected chi connectivity index (χ3v) is 14.4. The van der Waals surface area contributed by atoms with Gasteiger partial charge in [0.15, 0.2) is 6.10 Å². The van der Waals surface area contributed by atoms with E-state index in [-0.39, 0.29) is 31.1 Å². The summed E-state index contributed by atoms with van der Waals surface area (Å²) in [5.41, 5.74) is 0. The Balaban J connectivity index is 4.35. The zero-order chi connectivity index (χ0) is 55.0. The predicted molar refractivity (Wildman–Crippen MR) is 330 cm³/mol. The molecule has 0 spiro atoms. The third kappa shape index (κ3) is 61.7. The number of allylic oxidation sites excluding steroid dienone is 12. The monoisotopic (exact) mass is 1060 g/mol. The summed E-state index contributed by atoms with van der Waals surface area (Å²) in [7, 11) is 0. The Labute approximate surface area is 472 Å². The molecule has 0 aliphatic carbocycles. The average molecular weight is 1060 g/mol. The van der Waals surface area contributed by atoms with Crippen molar-refractivity contribution in [2.24, 2.45) is 0 Å². The summed E-state index contributed by atoms with van der Waals surface area (Å²) in [4.78, 5) is 38.4. The molecular weight excluding hydrogens is 937 g/mol. The summed E-state index contributed by atoms with van der Waals surface area (Å²) in [6, 6.07) is 0. The average Bonchev–Trinajstić information content (AvgIpc) is 3.42. The molecule has 0 fully saturated rings. The van der Waals surface area contributed by atoms with Gasteiger partial charge in [0, 0.05) is 19.3 Å². The standard InChI is InChI=1S/C70H124O6/c1-4-7-10-13-16-19-22-25-28-30-32-34-35-37-38-40-42-45-48-51-54-57-60-63-69(72)75-66-67(65-74-68(71)62-59-56-53-50-47-44-27-24-21-18-15-12-9-6-3)76-70(73)64-61-58-55-52-49-46-43-41-39-36-33-31-29-26-23-20-17-14-11-8-5-2/h7,10,16,19,25,28,31-34,37-38,67H,4-6,8-9,11-15,17-18,20-24,26-27,29-30,35-36,39-66H2,1-3H3/b10-7-,19-16-,28-25-,33-31-,34-32-,38-37-. The molecular formula is C70H124O6. The fraction of sp³-hybridized carbons (Fsp3) is 0.786. The van der Waals surface area contributed by atoms with Crippen LogP contribution in [-0.4, -0.2) is 37.2 Å². The van der Waals surface area contributed by atoms with Crippen molar-refractivity contribution in [3.8, 4) is 0 Å². The van der Waals surface area contributed by atoms with Gasteiger partial charge in [-0.3, -0.25) is 14.4 Å². The molecule has 0 aromatic heterocycles. The molecule has 0 heterocycles. The molecule has 0 saturated carbocycles. The maximum absolute atomic E-state index is 12.9. The normalized spacial score (nSPS) is 12.5. The molecule has 0 bridgehead atoms. The molecule has 0 radical (unpaired) electrons. The summed E-state index contributed by atoms with van der Waals surface area (Å²) >= 11 is 0. The van der Waals surface area contributed by atoms with Crippen molar-refractivity contribution < 1.29 is 28.6 Å². The summed E-state index contributed by atoms with van der Waals surface area (Å²) in [6.45, 7) is 6.56. The van der Waals surface area contributed by atoms with Gasteiger partial charge in [-0.05, 0) is 89.9 Å². The minimum absolute atomic E-state index is 0.0763. The van der Waals surface area contributed by atoms with Crippen molar-refractivity contribution in [1.29, 1.82) is 0 Å². The first-order valence-corrected chi connectivity index (χ1v) is 32.9. The van der Waals surface area contributed by atoms with Gasteiger partial charge in [0.25, 0.3) is 0 Å². The first-order chi connectivity index (χ1) is 37.5. The molecule has 0 aromatic carbocycles. The van der Waals surface area contributed by atoms with Gasteiger partial charge in [0.2, 0.25) is 0 Å². The maximum atomic E-state index is 12.9. The molecule has 1 unspecified atom stereocenters. The van der Waals surface area contributed by atoms with E-state index >= 15 is 0 Å². The number of carbonyl (C=O) groups excluding carboxylic acids is 3. The molecule has 0 saturated heterocycles. The molecule has 6 nitrogen and oxygen atoms in total. The van der Waals surface area contributed by atoms with Gasteiger partial charge >= 0.3 is 17.9 Å². The van der Waals surface area contributed by atoms with Gasteiger partial charge in [-0.2, -0.15) is 0 Å². The number of rotatable bonds is 60. The van der Waals surface area contributed by atoms with Crippen LogP contribution in [0, 0.1) is 0 Å². The SMILES string of the molecule is CC/C=C\C/C=C\C/C=C\C/C=C\C/C=C\CCCCCCCCCC(=O)OCC(COC(=O)CCCCCCCCCCCCCCCC)OC(=O)CCCCCCCCCCC/C=C\CCCCCCCCCC. The molecule has 6 heteroatoms. The van der Waals surface area contributed by atoms with Crippen molar-refractivity contribution in [3.05, 3.63) is 72.9 Å². The van der Waals surface area contributed by atoms with E-state index in [0.717, 1.165) is 96.3 Å². The number of hydrogen-bond acceptors (Lipinski definition) is 6. The van der Waals surface area contributed by atoms with Crippen molar-refractivity contribution in [3.63, 3.8) is 0 Å². The summed E-state index contributed by atoms with van der Waals surface area (Å²) in [5.74, 6) is -0.872. The highest BCUT2D eigenvalue weighted by molar-refractivity contribution is 5.71. The first-order valence-electron chi connectivity index (χ1n) is 32.9. The highest BCUT2D eigenvalue weighted by atomic mass is 16.6. The van der Waals surface area contributed by atoms with E-state index in [1.165, 1.54) is 199 Å². The molecule has 0 aliphatic heterocycles. The van der Waals surface area contributed by atoms with Crippen molar-refractivity contribution in [2.45, 2.75) is 341 Å². The summed E-state index contributed by atoms with van der Waals surface area (Å²) in [6.07, 6.45) is 83.3. The van der Waals surface area contributed by atoms with Gasteiger partial charge < -0.3 is 14.2 Å². The second-order valence-corrected chi connectivity index (χ2v) is 22.0. The van der Waals surface area contributed by atoms with Gasteiger partial charge in [-0.25, -0.2) is 0 Å². The van der Waals surface area contributed by atoms with Crippen molar-refractivity contribution in [2.75, 3.05) is 13.2 Å². The molecule has 0 rings (SSSR count). The molecule has 0 aromatic rings. The Morgan fingerprint density at radius 3 is 0.816 bits per heavy atom. The van der Waals surface area contributed by atoms with Crippen LogP contribution in [0.15, 0.2) is 72.9 Å². The molecule has 0 aliphatic rings. The first kappa shape index (κ1) is 72.8. The second-order valence-electron chi connectivity index (χ2n) is 22.0. The van der Waals surface area contributed by atoms with Crippen molar-refractivity contribution >= 4 is 17.9 Å². The summed E-state index contributed by atoms with van der Waals surface area (Å²) < 4.78 is 17.0. The number of esters is 3. The number of hydrogen-bond donors (Lipinski definition) is 0. The van der Waals surface area contributed by atoms with Crippen LogP contribution in [0.5, 0.6) is 0 Å². The molecule has 440 valence electrons. The highest BCUT2D eigenvalue weighted by Gasteiger charge is 2.19. The van der Waals surface area contributed by atoms with Crippen LogP contribution in [0.4, 0.5) is 0 Å². The Hall–Kier alpha value is -3.15. The van der Waals surface area contributed by atoms with Gasteiger partial charge in [0.1, 0.15) is 13.2 Å². The largest absolute Gasteiger partial charge is 0.462 e. The van der Waals surface area contributed by atoms with Crippen LogP contribution in [-0.2, 0) is 28.6 Å². The van der Waals surface area contributed by atoms with Crippen LogP contribution in [0.1, 0.15) is 335 Å². The van der Waals surface area contributed by atoms with Gasteiger partial charge in [-0.15, -0.1) is 0 Å². The lowest BCUT2D eigenvalue weighted by molar-refractivity contribution is -0.167. The minimum Gasteiger partial charge on any atom is -0.462 e. The maximum Gasteiger partial charge on any atom is 0.306 e. The Kier molecular flexibility index (Phi) is 61.7. The van der Waals surface area contributed by atoms with E-state index in [1.54, 1.807) is 0 Å². The number of carbonyl (C=O) groups is 3. The van der Waals surface area contributed by atoms with E-state index in [0.29, 0.717) is 19.3 Å². The van der Waals surface area contributed by atoms with Crippen LogP contribution in [0.3, 0.4) is 0 Å². The predicted octanol–water partition coefficient (Wildman–Crippen LogP) is 22.5. The van der Waals surface area contributed by atoms with Gasteiger partial charge in [-0.1, -0.05) is 299 Å². The molecule has 0 N–H and O–H groups in total. The fourth-order valence-electron chi connectivity index (χ4n) is 9.53. The van der Waals surface area contributed by atoms with Crippen molar-refractivity contribution in [1.82, 2.24) is 0 Å². The number of unbranched alkanes of at least 4 members (excludes halogenated alkanes) is 37. The summed E-state index contributed by atoms with van der Waals surface area (Å²) in [5, 5.41) is 0. The third-order valence-electron chi connectivity index (χ3n) is 14.4. The zero-order valence-electron chi connectivity index (χ0n) is 50.5. The van der Waals surface area contributed by atoms with E-state index in [2.05, 4.69) is 93.7 Å². The van der Waals surface area contributed by atoms with Crippen LogP contribution >= 0.6 is 0 Å². The van der Waals surface area contributed by atoms with Crippen LogP contribution < -0.4 is 0 Å². The van der Waals surface area contributed by atoms with E-state index in [9.17, 15) is 14.4 Å². The van der Waals surface area contributed by atoms with E-state index < -0.39 is 6.10 Å². The lowest BCUT2D eigenvalue weighted by atomic mass is 10.0. The lowest BCUT2D eigenvalue weighted by Crippen LogP contribution is -2.30. The molecule has 1 atom stereocenters. The smallest absolute Gasteiger partial charge is 0.306 e. The van der Waals surface area contributed by atoms with Crippen LogP contribution in [0.2, 0.25) is 0 Å². The topological polar surface area (TPSA) is 78.9 Å². The fourth-order valence-corrected chi connectivity index (χ4v) is 9.53. The zero-order valence-corrected chi connectivity index (χ0v) is 50.5. The van der Waals surface area contributed by atoms with Gasteiger partial charge in [0.05, 0.1) is 0 Å². The number of ether oxygens (including phenoxy) is 3. The van der Waals surface area contributed by atoms with E-state index in [4.69, 9.17) is 14.2 Å². The Morgan fingerprint density at radius 2 is 0.513 bits per heavy atom. The quantitative estimate of drug-likeness (QED) is 0.0261. The molecule has 0 amide bonds. The highest BCUT2D eigenvalue weighted by Crippen LogP contribution is 2.17. The van der Waals surface area contributed by atoms with E-state index in [1.807, 2.05) is 0 Å². The Morgan fingerprint density at radius 1 is 0.276 bits per heavy atom. The lowest BCUT2D eigenvalue weighted by Gasteiger charge is -2.18. The second kappa shape index (κ2) is 64.4. The van der Waals surface area contributed by atoms with Crippen LogP contribution in [0.25, 0.3) is 0 Å². The minimum atomic E-state index is -0.781. The molecule has 76 heavy (non-hydrogen) atoms. The Bertz CT molecular complexity index is 1400.